The first-order chi connectivity index (χ1) is 14.3. The number of benzene rings is 2. The number of allylic oxidation sites excluding steroid dienone is 1. The van der Waals surface area contributed by atoms with Crippen molar-refractivity contribution in [3.05, 3.63) is 133 Å². The summed E-state index contributed by atoms with van der Waals surface area (Å²) in [4.78, 5) is 8.50. The molecule has 1 aliphatic heterocycles. The number of para-hydroxylation sites is 1. The molecular weight excluding hydrogens is 549 g/mol. The summed E-state index contributed by atoms with van der Waals surface area (Å²) in [7, 11) is 0. The first-order valence-electron chi connectivity index (χ1n) is 9.21. The number of aromatic nitrogens is 2. The van der Waals surface area contributed by atoms with Crippen LogP contribution in [0.3, 0.4) is 0 Å². The molecule has 0 N–H and O–H groups in total. The van der Waals surface area contributed by atoms with Crippen LogP contribution in [0.5, 0.6) is 5.75 Å². The number of pyridine rings is 2. The van der Waals surface area contributed by atoms with E-state index in [0.29, 0.717) is 5.76 Å². The van der Waals surface area contributed by atoms with Gasteiger partial charge >= 0.3 is 0 Å². The van der Waals surface area contributed by atoms with Gasteiger partial charge in [0.25, 0.3) is 0 Å². The number of fused-ring (bicyclic) bond motifs is 1. The van der Waals surface area contributed by atoms with Gasteiger partial charge in [0.05, 0.1) is 11.5 Å². The van der Waals surface area contributed by atoms with E-state index >= 15 is 0 Å². The average molecular weight is 567 g/mol. The van der Waals surface area contributed by atoms with Crippen molar-refractivity contribution < 1.29 is 24.8 Å². The average Bonchev–Trinajstić information content (AvgIpc) is 2.81. The van der Waals surface area contributed by atoms with Gasteiger partial charge < -0.3 is 9.72 Å². The van der Waals surface area contributed by atoms with E-state index in [-0.39, 0.29) is 20.1 Å². The second-order valence-corrected chi connectivity index (χ2v) is 6.23. The fourth-order valence-corrected chi connectivity index (χ4v) is 2.84. The van der Waals surface area contributed by atoms with Crippen LogP contribution >= 0.6 is 0 Å². The van der Waals surface area contributed by atoms with E-state index in [9.17, 15) is 0 Å². The van der Waals surface area contributed by atoms with E-state index in [2.05, 4.69) is 28.7 Å². The Hall–Kier alpha value is -3.33. The quantitative estimate of drug-likeness (QED) is 0.289. The van der Waals surface area contributed by atoms with Crippen LogP contribution in [0.2, 0.25) is 0 Å². The first kappa shape index (κ1) is 21.4. The van der Waals surface area contributed by atoms with Crippen LogP contribution in [0.4, 0.5) is 0 Å². The van der Waals surface area contributed by atoms with Crippen LogP contribution in [0.25, 0.3) is 16.8 Å². The standard InChI is InChI=1S/C15H10NO.C11H8N.Ir/c1-11-13(14-7-4-5-9-16-14)10-12-6-2-3-8-15(12)17-11;1-2-6-10(7-3-1)11-8-4-5-9-12-11;/h2-9H,1H2;1-6,8-9H;/q2*-1;. The summed E-state index contributed by atoms with van der Waals surface area (Å²) >= 11 is 0. The van der Waals surface area contributed by atoms with Gasteiger partial charge in [-0.1, -0.05) is 60.2 Å². The third kappa shape index (κ3) is 5.18. The number of nitrogens with zero attached hydrogens (tertiary/aromatic N) is 2. The molecule has 0 fully saturated rings. The van der Waals surface area contributed by atoms with Crippen LogP contribution in [0.15, 0.2) is 110 Å². The van der Waals surface area contributed by atoms with E-state index in [0.717, 1.165) is 33.8 Å². The molecule has 1 radical (unpaired) electrons. The second-order valence-electron chi connectivity index (χ2n) is 6.23. The molecule has 3 heterocycles. The molecule has 1 aliphatic rings. The molecule has 0 spiro atoms. The molecule has 0 aliphatic carbocycles. The van der Waals surface area contributed by atoms with Gasteiger partial charge in [-0.2, -0.15) is 0 Å². The molecule has 149 valence electrons. The monoisotopic (exact) mass is 567 g/mol. The van der Waals surface area contributed by atoms with Crippen molar-refractivity contribution in [3.63, 3.8) is 0 Å². The molecular formula is C26H18IrN2O-2. The zero-order valence-electron chi connectivity index (χ0n) is 16.1. The molecule has 0 unspecified atom stereocenters. The van der Waals surface area contributed by atoms with Gasteiger partial charge in [0.15, 0.2) is 0 Å². The zero-order chi connectivity index (χ0) is 19.9. The second kappa shape index (κ2) is 10.4. The summed E-state index contributed by atoms with van der Waals surface area (Å²) in [5.74, 6) is 1.37. The minimum atomic E-state index is 0. The van der Waals surface area contributed by atoms with Gasteiger partial charge in [-0.05, 0) is 17.8 Å². The Kier molecular flexibility index (Phi) is 7.45. The molecule has 0 saturated carbocycles. The maximum atomic E-state index is 5.66. The molecule has 0 amide bonds. The largest absolute Gasteiger partial charge is 0.527 e. The summed E-state index contributed by atoms with van der Waals surface area (Å²) in [5, 5.41) is 0. The summed E-state index contributed by atoms with van der Waals surface area (Å²) in [6.07, 6.45) is 6.83. The zero-order valence-corrected chi connectivity index (χ0v) is 18.5. The summed E-state index contributed by atoms with van der Waals surface area (Å²) in [6.45, 7) is 3.91. The van der Waals surface area contributed by atoms with Crippen molar-refractivity contribution in [1.82, 2.24) is 9.97 Å². The van der Waals surface area contributed by atoms with Crippen LogP contribution < -0.4 is 4.74 Å². The number of hydrogen-bond acceptors (Lipinski definition) is 3. The van der Waals surface area contributed by atoms with Gasteiger partial charge in [0, 0.05) is 38.2 Å². The molecule has 0 bridgehead atoms. The van der Waals surface area contributed by atoms with Crippen molar-refractivity contribution in [2.45, 2.75) is 0 Å². The van der Waals surface area contributed by atoms with Crippen molar-refractivity contribution in [1.29, 1.82) is 0 Å². The smallest absolute Gasteiger partial charge is 0.0573 e. The first-order valence-corrected chi connectivity index (χ1v) is 9.21. The van der Waals surface area contributed by atoms with Crippen LogP contribution in [0, 0.1) is 12.1 Å². The van der Waals surface area contributed by atoms with Crippen LogP contribution in [-0.4, -0.2) is 9.97 Å². The van der Waals surface area contributed by atoms with Gasteiger partial charge in [-0.3, -0.25) is 4.98 Å². The molecule has 5 rings (SSSR count). The SMILES string of the molecule is C=C1Oc2ccccc2[C-]=C1c1ccccn1.[Ir].[c-]1ccccc1-c1ccccn1. The Morgan fingerprint density at radius 2 is 1.40 bits per heavy atom. The molecule has 4 heteroatoms. The minimum absolute atomic E-state index is 0. The van der Waals surface area contributed by atoms with E-state index in [1.54, 1.807) is 12.4 Å². The molecule has 30 heavy (non-hydrogen) atoms. The number of hydrogen-bond donors (Lipinski definition) is 0. The summed E-state index contributed by atoms with van der Waals surface area (Å²) in [5.41, 5.74) is 4.58. The van der Waals surface area contributed by atoms with Crippen molar-refractivity contribution in [2.75, 3.05) is 0 Å². The van der Waals surface area contributed by atoms with E-state index in [4.69, 9.17) is 4.74 Å². The Morgan fingerprint density at radius 1 is 0.733 bits per heavy atom. The Labute approximate surface area is 190 Å². The normalized spacial score (nSPS) is 11.6. The van der Waals surface area contributed by atoms with Gasteiger partial charge in [0.2, 0.25) is 0 Å². The van der Waals surface area contributed by atoms with Crippen molar-refractivity contribution in [3.8, 4) is 17.0 Å². The Morgan fingerprint density at radius 3 is 2.07 bits per heavy atom. The molecule has 0 atom stereocenters. The topological polar surface area (TPSA) is 35.0 Å². The summed E-state index contributed by atoms with van der Waals surface area (Å²) in [6, 6.07) is 30.3. The van der Waals surface area contributed by atoms with E-state index in [1.807, 2.05) is 84.9 Å². The molecule has 0 saturated heterocycles. The van der Waals surface area contributed by atoms with Gasteiger partial charge in [-0.25, -0.2) is 0 Å². The van der Waals surface area contributed by atoms with Gasteiger partial charge in [0.1, 0.15) is 0 Å². The summed E-state index contributed by atoms with van der Waals surface area (Å²) < 4.78 is 5.66. The Balaban J connectivity index is 0.000000175. The van der Waals surface area contributed by atoms with Crippen LogP contribution in [-0.2, 0) is 20.1 Å². The maximum Gasteiger partial charge on any atom is 0.0573 e. The fourth-order valence-electron chi connectivity index (χ4n) is 2.84. The number of rotatable bonds is 2. The van der Waals surface area contributed by atoms with Crippen molar-refractivity contribution >= 4 is 5.57 Å². The molecule has 2 aromatic carbocycles. The van der Waals surface area contributed by atoms with E-state index in [1.165, 1.54) is 0 Å². The molecule has 3 nitrogen and oxygen atoms in total. The minimum Gasteiger partial charge on any atom is -0.527 e. The third-order valence-corrected chi connectivity index (χ3v) is 4.23. The van der Waals surface area contributed by atoms with Gasteiger partial charge in [-0.15, -0.1) is 48.0 Å². The maximum absolute atomic E-state index is 5.66. The molecule has 4 aromatic rings. The van der Waals surface area contributed by atoms with E-state index < -0.39 is 0 Å². The predicted octanol–water partition coefficient (Wildman–Crippen LogP) is 5.77. The Bertz CT molecular complexity index is 1090. The number of ether oxygens (including phenoxy) is 1. The molecule has 2 aromatic heterocycles. The van der Waals surface area contributed by atoms with Crippen LogP contribution in [0.1, 0.15) is 11.3 Å². The predicted molar refractivity (Wildman–Crippen MR) is 115 cm³/mol. The third-order valence-electron chi connectivity index (χ3n) is 4.23. The van der Waals surface area contributed by atoms with Crippen molar-refractivity contribution in [2.24, 2.45) is 0 Å². The fraction of sp³-hybridized carbons (Fsp3) is 0.